The topological polar surface area (TPSA) is 21.3 Å². The highest BCUT2D eigenvalue weighted by molar-refractivity contribution is 6.30. The van der Waals surface area contributed by atoms with E-state index < -0.39 is 0 Å². The molecule has 2 nitrogen and oxygen atoms in total. The van der Waals surface area contributed by atoms with Crippen LogP contribution in [-0.2, 0) is 0 Å². The molecule has 0 saturated heterocycles. The van der Waals surface area contributed by atoms with Gasteiger partial charge in [0.25, 0.3) is 0 Å². The Morgan fingerprint density at radius 2 is 1.67 bits per heavy atom. The maximum atomic E-state index is 5.97. The second-order valence-electron chi connectivity index (χ2n) is 4.99. The van der Waals surface area contributed by atoms with Crippen LogP contribution in [0.4, 0.5) is 5.69 Å². The van der Waals surface area contributed by atoms with Crippen molar-refractivity contribution in [2.24, 2.45) is 0 Å². The average molecular weight is 304 g/mol. The number of rotatable bonds is 7. The van der Waals surface area contributed by atoms with Crippen LogP contribution in [0.5, 0.6) is 5.75 Å². The van der Waals surface area contributed by atoms with Crippen molar-refractivity contribution < 1.29 is 4.74 Å². The van der Waals surface area contributed by atoms with Crippen LogP contribution in [0.25, 0.3) is 0 Å². The maximum absolute atomic E-state index is 5.97. The lowest BCUT2D eigenvalue weighted by Crippen LogP contribution is -2.10. The molecular weight excluding hydrogens is 282 g/mol. The van der Waals surface area contributed by atoms with Crippen molar-refractivity contribution >= 4 is 17.3 Å². The third-order valence-corrected chi connectivity index (χ3v) is 3.61. The summed E-state index contributed by atoms with van der Waals surface area (Å²) in [5, 5.41) is 4.36. The van der Waals surface area contributed by atoms with Crippen LogP contribution in [0.2, 0.25) is 5.02 Å². The first kappa shape index (κ1) is 15.7. The smallest absolute Gasteiger partial charge is 0.119 e. The van der Waals surface area contributed by atoms with E-state index in [1.54, 1.807) is 0 Å². The lowest BCUT2D eigenvalue weighted by molar-refractivity contribution is 0.340. The van der Waals surface area contributed by atoms with Crippen molar-refractivity contribution in [2.45, 2.75) is 32.7 Å². The summed E-state index contributed by atoms with van der Waals surface area (Å²) in [6, 6.07) is 16.5. The number of benzene rings is 2. The average Bonchev–Trinajstić information content (AvgIpc) is 2.50. The molecule has 1 N–H and O–H groups in total. The molecule has 0 aliphatic carbocycles. The highest BCUT2D eigenvalue weighted by Gasteiger charge is 2.10. The Balaban J connectivity index is 2.10. The predicted molar refractivity (Wildman–Crippen MR) is 90.3 cm³/mol. The van der Waals surface area contributed by atoms with Gasteiger partial charge in [0.15, 0.2) is 0 Å². The molecule has 1 unspecified atom stereocenters. The summed E-state index contributed by atoms with van der Waals surface area (Å²) >= 11 is 5.97. The van der Waals surface area contributed by atoms with Gasteiger partial charge in [-0.05, 0) is 55.3 Å². The largest absolute Gasteiger partial charge is 0.494 e. The maximum Gasteiger partial charge on any atom is 0.119 e. The van der Waals surface area contributed by atoms with Crippen molar-refractivity contribution in [1.82, 2.24) is 0 Å². The summed E-state index contributed by atoms with van der Waals surface area (Å²) in [5.74, 6) is 0.904. The Morgan fingerprint density at radius 1 is 1.00 bits per heavy atom. The number of ether oxygens (including phenoxy) is 1. The molecule has 0 aliphatic heterocycles. The molecule has 0 spiro atoms. The Kier molecular flexibility index (Phi) is 5.94. The van der Waals surface area contributed by atoms with E-state index in [0.717, 1.165) is 29.3 Å². The second-order valence-corrected chi connectivity index (χ2v) is 5.43. The molecule has 0 heterocycles. The van der Waals surface area contributed by atoms with Crippen molar-refractivity contribution in [3.8, 4) is 5.75 Å². The van der Waals surface area contributed by atoms with Gasteiger partial charge in [-0.2, -0.15) is 0 Å². The molecule has 2 aromatic carbocycles. The summed E-state index contributed by atoms with van der Waals surface area (Å²) in [4.78, 5) is 0. The number of nitrogens with one attached hydrogen (secondary N) is 1. The van der Waals surface area contributed by atoms with Gasteiger partial charge < -0.3 is 10.1 Å². The van der Waals surface area contributed by atoms with Gasteiger partial charge in [-0.1, -0.05) is 37.1 Å². The lowest BCUT2D eigenvalue weighted by atomic mass is 10.0. The molecule has 0 amide bonds. The first-order chi connectivity index (χ1) is 10.2. The predicted octanol–water partition coefficient (Wildman–Crippen LogP) is 5.69. The summed E-state index contributed by atoms with van der Waals surface area (Å²) in [6.07, 6.45) is 2.20. The van der Waals surface area contributed by atoms with Crippen LogP contribution in [0.15, 0.2) is 48.5 Å². The van der Waals surface area contributed by atoms with E-state index in [9.17, 15) is 0 Å². The van der Waals surface area contributed by atoms with Crippen molar-refractivity contribution in [3.05, 3.63) is 59.1 Å². The second kappa shape index (κ2) is 7.94. The standard InChI is InChI=1S/C18H22ClNO/c1-3-5-18(14-6-8-15(19)9-7-14)20-16-10-12-17(13-11-16)21-4-2/h6-13,18,20H,3-5H2,1-2H3. The van der Waals surface area contributed by atoms with Crippen molar-refractivity contribution in [2.75, 3.05) is 11.9 Å². The van der Waals surface area contributed by atoms with Crippen molar-refractivity contribution in [3.63, 3.8) is 0 Å². The van der Waals surface area contributed by atoms with E-state index in [1.807, 2.05) is 31.2 Å². The zero-order valence-corrected chi connectivity index (χ0v) is 13.4. The van der Waals surface area contributed by atoms with Gasteiger partial charge in [0.2, 0.25) is 0 Å². The highest BCUT2D eigenvalue weighted by atomic mass is 35.5. The molecule has 112 valence electrons. The van der Waals surface area contributed by atoms with E-state index >= 15 is 0 Å². The van der Waals surface area contributed by atoms with Gasteiger partial charge in [0.05, 0.1) is 12.6 Å². The van der Waals surface area contributed by atoms with Crippen LogP contribution in [0.1, 0.15) is 38.3 Å². The number of halogens is 1. The first-order valence-corrected chi connectivity index (χ1v) is 7.85. The molecule has 2 aromatic rings. The Morgan fingerprint density at radius 3 is 2.24 bits per heavy atom. The molecule has 0 aliphatic rings. The summed E-state index contributed by atoms with van der Waals surface area (Å²) in [7, 11) is 0. The minimum absolute atomic E-state index is 0.296. The van der Waals surface area contributed by atoms with E-state index in [0.29, 0.717) is 12.6 Å². The van der Waals surface area contributed by atoms with Crippen LogP contribution >= 0.6 is 11.6 Å². The van der Waals surface area contributed by atoms with E-state index in [-0.39, 0.29) is 0 Å². The normalized spacial score (nSPS) is 12.0. The minimum atomic E-state index is 0.296. The molecule has 1 atom stereocenters. The van der Waals surface area contributed by atoms with E-state index in [4.69, 9.17) is 16.3 Å². The molecule has 0 bridgehead atoms. The zero-order valence-electron chi connectivity index (χ0n) is 12.6. The fourth-order valence-corrected chi connectivity index (χ4v) is 2.45. The van der Waals surface area contributed by atoms with Gasteiger partial charge in [0.1, 0.15) is 5.75 Å². The highest BCUT2D eigenvalue weighted by Crippen LogP contribution is 2.26. The third-order valence-electron chi connectivity index (χ3n) is 3.36. The fourth-order valence-electron chi connectivity index (χ4n) is 2.32. The van der Waals surface area contributed by atoms with Gasteiger partial charge in [-0.25, -0.2) is 0 Å². The Hall–Kier alpha value is -1.67. The molecule has 0 aromatic heterocycles. The third kappa shape index (κ3) is 4.68. The van der Waals surface area contributed by atoms with Crippen LogP contribution in [0.3, 0.4) is 0 Å². The molecule has 3 heteroatoms. The van der Waals surface area contributed by atoms with Gasteiger partial charge in [-0.3, -0.25) is 0 Å². The SMILES string of the molecule is CCCC(Nc1ccc(OCC)cc1)c1ccc(Cl)cc1. The summed E-state index contributed by atoms with van der Waals surface area (Å²) < 4.78 is 5.47. The first-order valence-electron chi connectivity index (χ1n) is 7.47. The number of hydrogen-bond acceptors (Lipinski definition) is 2. The zero-order chi connectivity index (χ0) is 15.1. The molecule has 21 heavy (non-hydrogen) atoms. The molecular formula is C18H22ClNO. The van der Waals surface area contributed by atoms with Crippen LogP contribution in [-0.4, -0.2) is 6.61 Å². The van der Waals surface area contributed by atoms with Gasteiger partial charge >= 0.3 is 0 Å². The Labute approximate surface area is 132 Å². The van der Waals surface area contributed by atoms with Gasteiger partial charge in [0, 0.05) is 10.7 Å². The minimum Gasteiger partial charge on any atom is -0.494 e. The molecule has 0 radical (unpaired) electrons. The summed E-state index contributed by atoms with van der Waals surface area (Å²) in [5.41, 5.74) is 2.36. The Bertz CT molecular complexity index is 536. The monoisotopic (exact) mass is 303 g/mol. The number of hydrogen-bond donors (Lipinski definition) is 1. The van der Waals surface area contributed by atoms with Crippen LogP contribution < -0.4 is 10.1 Å². The molecule has 2 rings (SSSR count). The van der Waals surface area contributed by atoms with Crippen LogP contribution in [0, 0.1) is 0 Å². The van der Waals surface area contributed by atoms with E-state index in [2.05, 4.69) is 36.5 Å². The number of anilines is 1. The van der Waals surface area contributed by atoms with Crippen molar-refractivity contribution in [1.29, 1.82) is 0 Å². The van der Waals surface area contributed by atoms with Gasteiger partial charge in [-0.15, -0.1) is 0 Å². The fraction of sp³-hybridized carbons (Fsp3) is 0.333. The molecule has 0 saturated carbocycles. The molecule has 0 fully saturated rings. The quantitative estimate of drug-likeness (QED) is 0.709. The van der Waals surface area contributed by atoms with E-state index in [1.165, 1.54) is 5.56 Å². The summed E-state index contributed by atoms with van der Waals surface area (Å²) in [6.45, 7) is 4.88. The lowest BCUT2D eigenvalue weighted by Gasteiger charge is -2.20.